The number of nitro benzene ring substituents is 1. The van der Waals surface area contributed by atoms with Gasteiger partial charge in [-0.3, -0.25) is 10.1 Å². The van der Waals surface area contributed by atoms with Crippen LogP contribution in [0.2, 0.25) is 0 Å². The molecule has 0 amide bonds. The fraction of sp³-hybridized carbons (Fsp3) is 0.538. The molecule has 18 heavy (non-hydrogen) atoms. The molecule has 0 radical (unpaired) electrons. The van der Waals surface area contributed by atoms with Crippen molar-refractivity contribution in [2.75, 3.05) is 18.0 Å². The van der Waals surface area contributed by atoms with Gasteiger partial charge in [-0.1, -0.05) is 6.92 Å². The monoisotopic (exact) mass is 252 g/mol. The van der Waals surface area contributed by atoms with E-state index in [1.165, 1.54) is 12.1 Å². The normalized spacial score (nSPS) is 20.6. The number of anilines is 1. The number of hydrogen-bond donors (Lipinski definition) is 0. The molecular formula is C13H17FN2O2. The van der Waals surface area contributed by atoms with E-state index < -0.39 is 10.7 Å². The van der Waals surface area contributed by atoms with Crippen molar-refractivity contribution < 1.29 is 9.31 Å². The summed E-state index contributed by atoms with van der Waals surface area (Å²) < 4.78 is 13.4. The van der Waals surface area contributed by atoms with Gasteiger partial charge in [0.05, 0.1) is 11.0 Å². The van der Waals surface area contributed by atoms with Crippen LogP contribution in [0.3, 0.4) is 0 Å². The van der Waals surface area contributed by atoms with E-state index in [1.54, 1.807) is 0 Å². The Kier molecular flexibility index (Phi) is 3.79. The molecule has 1 aromatic carbocycles. The van der Waals surface area contributed by atoms with Crippen molar-refractivity contribution in [2.45, 2.75) is 26.2 Å². The number of rotatable bonds is 2. The van der Waals surface area contributed by atoms with Gasteiger partial charge in [0.25, 0.3) is 5.69 Å². The van der Waals surface area contributed by atoms with Gasteiger partial charge in [0, 0.05) is 24.8 Å². The summed E-state index contributed by atoms with van der Waals surface area (Å²) in [6, 6.07) is 3.80. The summed E-state index contributed by atoms with van der Waals surface area (Å²) >= 11 is 0. The van der Waals surface area contributed by atoms with Crippen LogP contribution in [-0.4, -0.2) is 18.0 Å². The lowest BCUT2D eigenvalue weighted by atomic mass is 10.0. The number of nitrogens with zero attached hydrogens (tertiary/aromatic N) is 2. The summed E-state index contributed by atoms with van der Waals surface area (Å²) in [5.74, 6) is 0.120. The van der Waals surface area contributed by atoms with Crippen LogP contribution in [0, 0.1) is 21.8 Å². The number of hydrogen-bond acceptors (Lipinski definition) is 3. The third-order valence-corrected chi connectivity index (χ3v) is 3.46. The van der Waals surface area contributed by atoms with Crippen molar-refractivity contribution in [3.8, 4) is 0 Å². The largest absolute Gasteiger partial charge is 0.371 e. The molecule has 1 aliphatic heterocycles. The Bertz CT molecular complexity index is 451. The first kappa shape index (κ1) is 12.8. The second kappa shape index (κ2) is 5.33. The Balaban J connectivity index is 2.24. The molecule has 1 atom stereocenters. The van der Waals surface area contributed by atoms with Gasteiger partial charge >= 0.3 is 0 Å². The van der Waals surface area contributed by atoms with E-state index in [1.807, 2.05) is 4.90 Å². The first-order valence-corrected chi connectivity index (χ1v) is 6.26. The van der Waals surface area contributed by atoms with Crippen LogP contribution < -0.4 is 4.90 Å². The van der Waals surface area contributed by atoms with Crippen LogP contribution in [0.5, 0.6) is 0 Å². The molecule has 0 saturated carbocycles. The molecule has 98 valence electrons. The Morgan fingerprint density at radius 3 is 2.83 bits per heavy atom. The van der Waals surface area contributed by atoms with Gasteiger partial charge in [0.15, 0.2) is 0 Å². The zero-order chi connectivity index (χ0) is 13.1. The minimum Gasteiger partial charge on any atom is -0.371 e. The predicted octanol–water partition coefficient (Wildman–Crippen LogP) is 3.36. The highest BCUT2D eigenvalue weighted by Crippen LogP contribution is 2.26. The highest BCUT2D eigenvalue weighted by molar-refractivity contribution is 5.53. The van der Waals surface area contributed by atoms with Gasteiger partial charge in [-0.25, -0.2) is 4.39 Å². The first-order chi connectivity index (χ1) is 8.56. The maximum Gasteiger partial charge on any atom is 0.274 e. The number of halogens is 1. The van der Waals surface area contributed by atoms with Crippen molar-refractivity contribution in [1.82, 2.24) is 0 Å². The maximum atomic E-state index is 13.4. The summed E-state index contributed by atoms with van der Waals surface area (Å²) in [6.45, 7) is 3.88. The van der Waals surface area contributed by atoms with Crippen molar-refractivity contribution in [3.63, 3.8) is 0 Å². The minimum atomic E-state index is -0.549. The quantitative estimate of drug-likeness (QED) is 0.599. The second-order valence-electron chi connectivity index (χ2n) is 4.95. The van der Waals surface area contributed by atoms with E-state index in [4.69, 9.17) is 0 Å². The third kappa shape index (κ3) is 2.97. The molecule has 1 aromatic rings. The fourth-order valence-corrected chi connectivity index (χ4v) is 2.37. The molecule has 5 heteroatoms. The summed E-state index contributed by atoms with van der Waals surface area (Å²) in [5.41, 5.74) is 0.443. The maximum absolute atomic E-state index is 13.4. The molecule has 1 heterocycles. The van der Waals surface area contributed by atoms with E-state index in [9.17, 15) is 14.5 Å². The molecule has 0 N–H and O–H groups in total. The summed E-state index contributed by atoms with van der Waals surface area (Å²) in [4.78, 5) is 12.2. The fourth-order valence-electron chi connectivity index (χ4n) is 2.37. The summed E-state index contributed by atoms with van der Waals surface area (Å²) in [5, 5.41) is 10.7. The smallest absolute Gasteiger partial charge is 0.274 e. The van der Waals surface area contributed by atoms with E-state index in [2.05, 4.69) is 6.92 Å². The lowest BCUT2D eigenvalue weighted by Crippen LogP contribution is -2.24. The van der Waals surface area contributed by atoms with Crippen LogP contribution in [0.15, 0.2) is 18.2 Å². The minimum absolute atomic E-state index is 0.178. The van der Waals surface area contributed by atoms with Gasteiger partial charge < -0.3 is 4.90 Å². The molecule has 4 nitrogen and oxygen atoms in total. The lowest BCUT2D eigenvalue weighted by Gasteiger charge is -2.22. The van der Waals surface area contributed by atoms with Crippen LogP contribution in [0.1, 0.15) is 26.2 Å². The highest BCUT2D eigenvalue weighted by Gasteiger charge is 2.17. The number of nitro groups is 1. The first-order valence-electron chi connectivity index (χ1n) is 6.26. The van der Waals surface area contributed by atoms with Gasteiger partial charge in [0.1, 0.15) is 5.82 Å². The topological polar surface area (TPSA) is 46.4 Å². The second-order valence-corrected chi connectivity index (χ2v) is 4.95. The van der Waals surface area contributed by atoms with Gasteiger partial charge in [-0.15, -0.1) is 0 Å². The molecule has 0 spiro atoms. The van der Waals surface area contributed by atoms with Gasteiger partial charge in [0.2, 0.25) is 0 Å². The molecular weight excluding hydrogens is 235 g/mol. The predicted molar refractivity (Wildman–Crippen MR) is 68.3 cm³/mol. The Hall–Kier alpha value is -1.65. The van der Waals surface area contributed by atoms with E-state index in [0.29, 0.717) is 11.6 Å². The van der Waals surface area contributed by atoms with Crippen molar-refractivity contribution in [3.05, 3.63) is 34.1 Å². The molecule has 1 unspecified atom stereocenters. The molecule has 1 saturated heterocycles. The van der Waals surface area contributed by atoms with Crippen LogP contribution >= 0.6 is 0 Å². The Morgan fingerprint density at radius 1 is 1.33 bits per heavy atom. The molecule has 0 bridgehead atoms. The Morgan fingerprint density at radius 2 is 2.11 bits per heavy atom. The molecule has 0 aliphatic carbocycles. The average molecular weight is 252 g/mol. The van der Waals surface area contributed by atoms with Crippen molar-refractivity contribution in [2.24, 2.45) is 5.92 Å². The van der Waals surface area contributed by atoms with E-state index in [-0.39, 0.29) is 5.69 Å². The Labute approximate surface area is 106 Å². The standard InChI is InChI=1S/C13H17FN2O2/c1-10-3-2-5-15(6-4-10)12-7-11(14)8-13(9-12)16(17)18/h7-10H,2-6H2,1H3. The van der Waals surface area contributed by atoms with Gasteiger partial charge in [-0.2, -0.15) is 0 Å². The van der Waals surface area contributed by atoms with E-state index in [0.717, 1.165) is 38.4 Å². The molecule has 0 aromatic heterocycles. The van der Waals surface area contributed by atoms with Crippen molar-refractivity contribution >= 4 is 11.4 Å². The SMILES string of the molecule is CC1CCCN(c2cc(F)cc([N+](=O)[O-])c2)CC1. The summed E-state index contributed by atoms with van der Waals surface area (Å²) in [6.07, 6.45) is 3.25. The number of non-ortho nitro benzene ring substituents is 1. The van der Waals surface area contributed by atoms with Gasteiger partial charge in [-0.05, 0) is 31.2 Å². The summed E-state index contributed by atoms with van der Waals surface area (Å²) in [7, 11) is 0. The zero-order valence-electron chi connectivity index (χ0n) is 10.4. The van der Waals surface area contributed by atoms with E-state index >= 15 is 0 Å². The van der Waals surface area contributed by atoms with Crippen molar-refractivity contribution in [1.29, 1.82) is 0 Å². The average Bonchev–Trinajstić information content (AvgIpc) is 2.53. The molecule has 2 rings (SSSR count). The molecule has 1 fully saturated rings. The number of benzene rings is 1. The highest BCUT2D eigenvalue weighted by atomic mass is 19.1. The van der Waals surface area contributed by atoms with Crippen LogP contribution in [-0.2, 0) is 0 Å². The van der Waals surface area contributed by atoms with Crippen LogP contribution in [0.4, 0.5) is 15.8 Å². The van der Waals surface area contributed by atoms with Crippen LogP contribution in [0.25, 0.3) is 0 Å². The molecule has 1 aliphatic rings. The lowest BCUT2D eigenvalue weighted by molar-refractivity contribution is -0.385. The third-order valence-electron chi connectivity index (χ3n) is 3.46. The zero-order valence-corrected chi connectivity index (χ0v) is 10.4.